The van der Waals surface area contributed by atoms with E-state index >= 15 is 0 Å². The quantitative estimate of drug-likeness (QED) is 0.250. The molecule has 2 atom stereocenters. The van der Waals surface area contributed by atoms with Crippen molar-refractivity contribution in [2.24, 2.45) is 0 Å². The topological polar surface area (TPSA) is 161 Å². The summed E-state index contributed by atoms with van der Waals surface area (Å²) in [6.07, 6.45) is 0. The molecule has 1 aromatic heterocycles. The van der Waals surface area contributed by atoms with Crippen molar-refractivity contribution in [2.45, 2.75) is 11.8 Å². The van der Waals surface area contributed by atoms with Gasteiger partial charge in [0.25, 0.3) is 0 Å². The Labute approximate surface area is 192 Å². The summed E-state index contributed by atoms with van der Waals surface area (Å²) >= 11 is 0. The van der Waals surface area contributed by atoms with Gasteiger partial charge >= 0.3 is 0 Å². The Hall–Kier alpha value is -4.37. The average Bonchev–Trinajstić information content (AvgIpc) is 2.79. The van der Waals surface area contributed by atoms with Crippen LogP contribution in [-0.4, -0.2) is 44.4 Å². The van der Waals surface area contributed by atoms with Crippen LogP contribution in [-0.2, 0) is 0 Å². The molecule has 0 radical (unpaired) electrons. The van der Waals surface area contributed by atoms with Crippen molar-refractivity contribution in [2.75, 3.05) is 13.7 Å². The highest BCUT2D eigenvalue weighted by Crippen LogP contribution is 2.52. The number of aromatic hydroxyl groups is 5. The Morgan fingerprint density at radius 3 is 2.35 bits per heavy atom. The lowest BCUT2D eigenvalue weighted by Crippen LogP contribution is -2.27. The van der Waals surface area contributed by atoms with Crippen molar-refractivity contribution in [3.05, 3.63) is 69.4 Å². The molecule has 0 fully saturated rings. The summed E-state index contributed by atoms with van der Waals surface area (Å²) in [5, 5.41) is 60.9. The van der Waals surface area contributed by atoms with E-state index in [1.54, 1.807) is 6.07 Å². The molecule has 0 saturated heterocycles. The molecule has 6 N–H and O–H groups in total. The first-order chi connectivity index (χ1) is 16.2. The lowest BCUT2D eigenvalue weighted by molar-refractivity contribution is 0.252. The normalized spacial score (nSPS) is 16.8. The highest BCUT2D eigenvalue weighted by atomic mass is 16.5. The Kier molecular flexibility index (Phi) is 4.80. The molecule has 0 spiro atoms. The molecule has 0 amide bonds. The highest BCUT2D eigenvalue weighted by Gasteiger charge is 2.40. The number of hydrogen-bond acceptors (Lipinski definition) is 9. The monoisotopic (exact) mass is 464 g/mol. The van der Waals surface area contributed by atoms with Crippen LogP contribution in [0.15, 0.2) is 51.7 Å². The maximum atomic E-state index is 13.8. The Morgan fingerprint density at radius 2 is 1.65 bits per heavy atom. The van der Waals surface area contributed by atoms with Crippen LogP contribution in [0.4, 0.5) is 0 Å². The first-order valence-corrected chi connectivity index (χ1v) is 10.3. The first kappa shape index (κ1) is 21.5. The average molecular weight is 464 g/mol. The van der Waals surface area contributed by atoms with Crippen LogP contribution in [0.25, 0.3) is 22.3 Å². The summed E-state index contributed by atoms with van der Waals surface area (Å²) in [6.45, 7) is -0.441. The Bertz CT molecular complexity index is 1520. The summed E-state index contributed by atoms with van der Waals surface area (Å²) < 4.78 is 11.2. The van der Waals surface area contributed by atoms with Gasteiger partial charge in [-0.05, 0) is 35.4 Å². The molecule has 0 aliphatic heterocycles. The van der Waals surface area contributed by atoms with Gasteiger partial charge in [0.2, 0.25) is 5.43 Å². The molecule has 4 aromatic rings. The molecular formula is C25H20O9. The van der Waals surface area contributed by atoms with E-state index in [4.69, 9.17) is 9.15 Å². The van der Waals surface area contributed by atoms with Crippen LogP contribution < -0.4 is 10.2 Å². The van der Waals surface area contributed by atoms with E-state index in [-0.39, 0.29) is 45.1 Å². The number of aliphatic hydroxyl groups is 1. The number of phenolic OH excluding ortho intramolecular Hbond substituents is 5. The van der Waals surface area contributed by atoms with Crippen molar-refractivity contribution in [3.63, 3.8) is 0 Å². The minimum Gasteiger partial charge on any atom is -0.508 e. The molecule has 1 heterocycles. The fourth-order valence-electron chi connectivity index (χ4n) is 4.75. The van der Waals surface area contributed by atoms with Crippen LogP contribution in [0.3, 0.4) is 0 Å². The van der Waals surface area contributed by atoms with Gasteiger partial charge < -0.3 is 39.8 Å². The Balaban J connectivity index is 1.94. The van der Waals surface area contributed by atoms with Crippen molar-refractivity contribution >= 4 is 11.0 Å². The Morgan fingerprint density at radius 1 is 0.912 bits per heavy atom. The van der Waals surface area contributed by atoms with Crippen LogP contribution in [0, 0.1) is 0 Å². The first-order valence-electron chi connectivity index (χ1n) is 10.3. The summed E-state index contributed by atoms with van der Waals surface area (Å²) in [6, 6.07) is 9.23. The van der Waals surface area contributed by atoms with Crippen molar-refractivity contribution in [3.8, 4) is 45.8 Å². The van der Waals surface area contributed by atoms with Crippen LogP contribution in [0.5, 0.6) is 34.5 Å². The van der Waals surface area contributed by atoms with E-state index in [0.29, 0.717) is 11.1 Å². The summed E-state index contributed by atoms with van der Waals surface area (Å²) in [4.78, 5) is 13.8. The van der Waals surface area contributed by atoms with Crippen LogP contribution in [0.1, 0.15) is 28.5 Å². The van der Waals surface area contributed by atoms with Gasteiger partial charge in [-0.1, -0.05) is 6.07 Å². The van der Waals surface area contributed by atoms with E-state index in [2.05, 4.69) is 0 Å². The predicted octanol–water partition coefficient (Wildman–Crippen LogP) is 3.22. The second-order valence-corrected chi connectivity index (χ2v) is 8.14. The molecule has 9 nitrogen and oxygen atoms in total. The number of ether oxygens (including phenoxy) is 1. The minimum absolute atomic E-state index is 0.0505. The lowest BCUT2D eigenvalue weighted by Gasteiger charge is -2.34. The van der Waals surface area contributed by atoms with Gasteiger partial charge in [0, 0.05) is 29.5 Å². The molecule has 9 heteroatoms. The summed E-state index contributed by atoms with van der Waals surface area (Å²) in [5.74, 6) is -3.18. The zero-order chi connectivity index (χ0) is 24.3. The van der Waals surface area contributed by atoms with Gasteiger partial charge in [0.1, 0.15) is 28.2 Å². The molecule has 5 rings (SSSR count). The van der Waals surface area contributed by atoms with E-state index in [9.17, 15) is 35.4 Å². The van der Waals surface area contributed by atoms with Gasteiger partial charge in [-0.2, -0.15) is 0 Å². The van der Waals surface area contributed by atoms with Crippen molar-refractivity contribution < 1.29 is 39.8 Å². The molecule has 0 unspecified atom stereocenters. The molecule has 0 saturated carbocycles. The maximum absolute atomic E-state index is 13.8. The van der Waals surface area contributed by atoms with Crippen molar-refractivity contribution in [1.29, 1.82) is 0 Å². The molecule has 3 aromatic carbocycles. The molecular weight excluding hydrogens is 444 g/mol. The van der Waals surface area contributed by atoms with E-state index < -0.39 is 41.1 Å². The molecule has 174 valence electrons. The second-order valence-electron chi connectivity index (χ2n) is 8.14. The lowest BCUT2D eigenvalue weighted by atomic mass is 9.70. The third-order valence-electron chi connectivity index (χ3n) is 6.26. The largest absolute Gasteiger partial charge is 0.508 e. The SMILES string of the molecule is COc1cc([C@H]2c3c(oc4cc(O)cc(O)c4c3=O)-c3cc(O)c(O)cc3[C@@H]2CO)ccc1O. The van der Waals surface area contributed by atoms with Gasteiger partial charge in [0.15, 0.2) is 23.0 Å². The molecule has 34 heavy (non-hydrogen) atoms. The number of benzene rings is 3. The third kappa shape index (κ3) is 3.01. The molecule has 1 aliphatic carbocycles. The van der Waals surface area contributed by atoms with Gasteiger partial charge in [-0.15, -0.1) is 0 Å². The van der Waals surface area contributed by atoms with Gasteiger partial charge in [-0.3, -0.25) is 4.79 Å². The number of rotatable bonds is 3. The molecule has 1 aliphatic rings. The second kappa shape index (κ2) is 7.60. The predicted molar refractivity (Wildman–Crippen MR) is 121 cm³/mol. The van der Waals surface area contributed by atoms with E-state index in [0.717, 1.165) is 6.07 Å². The third-order valence-corrected chi connectivity index (χ3v) is 6.26. The van der Waals surface area contributed by atoms with Gasteiger partial charge in [-0.25, -0.2) is 0 Å². The summed E-state index contributed by atoms with van der Waals surface area (Å²) in [5.41, 5.74) is 0.602. The van der Waals surface area contributed by atoms with E-state index in [1.807, 2.05) is 0 Å². The van der Waals surface area contributed by atoms with E-state index in [1.165, 1.54) is 37.4 Å². The minimum atomic E-state index is -0.834. The van der Waals surface area contributed by atoms with Crippen molar-refractivity contribution in [1.82, 2.24) is 0 Å². The maximum Gasteiger partial charge on any atom is 0.200 e. The number of phenols is 5. The number of aliphatic hydroxyl groups excluding tert-OH is 1. The van der Waals surface area contributed by atoms with Crippen LogP contribution in [0.2, 0.25) is 0 Å². The molecule has 0 bridgehead atoms. The highest BCUT2D eigenvalue weighted by molar-refractivity contribution is 5.89. The zero-order valence-electron chi connectivity index (χ0n) is 17.8. The van der Waals surface area contributed by atoms with Gasteiger partial charge in [0.05, 0.1) is 19.3 Å². The fourth-order valence-corrected chi connectivity index (χ4v) is 4.75. The number of hydrogen-bond donors (Lipinski definition) is 6. The van der Waals surface area contributed by atoms with Crippen LogP contribution >= 0.6 is 0 Å². The fraction of sp³-hybridized carbons (Fsp3) is 0.160. The summed E-state index contributed by atoms with van der Waals surface area (Å²) in [7, 11) is 1.37. The number of methoxy groups -OCH3 is 1. The zero-order valence-corrected chi connectivity index (χ0v) is 17.8. The smallest absolute Gasteiger partial charge is 0.200 e. The number of fused-ring (bicyclic) bond motifs is 4. The standard InChI is InChI=1S/C25H20O9/c1-33-19-4-10(2-3-15(19)28)21-14(9-26)12-7-16(29)17(30)8-13(12)25-23(21)24(32)22-18(31)5-11(27)6-20(22)34-25/h2-8,14,21,26-31H,9H2,1H3/t14-,21+/m0/s1.